The van der Waals surface area contributed by atoms with Gasteiger partial charge in [0.2, 0.25) is 11.8 Å². The number of methoxy groups -OCH3 is 1. The van der Waals surface area contributed by atoms with Gasteiger partial charge < -0.3 is 13.9 Å². The Bertz CT molecular complexity index is 708. The van der Waals surface area contributed by atoms with Gasteiger partial charge in [-0.15, -0.1) is 10.2 Å². The lowest BCUT2D eigenvalue weighted by atomic mass is 10.2. The molecular weight excluding hydrogens is 280 g/mol. The fourth-order valence-corrected chi connectivity index (χ4v) is 1.98. The number of hydrogen-bond acceptors (Lipinski definition) is 5. The van der Waals surface area contributed by atoms with Gasteiger partial charge in [-0.2, -0.15) is 0 Å². The first-order chi connectivity index (χ1) is 10.8. The van der Waals surface area contributed by atoms with Crippen molar-refractivity contribution in [3.63, 3.8) is 0 Å². The maximum Gasteiger partial charge on any atom is 0.247 e. The molecule has 0 saturated carbocycles. The quantitative estimate of drug-likeness (QED) is 0.698. The Kier molecular flexibility index (Phi) is 4.34. The van der Waals surface area contributed by atoms with Crippen LogP contribution in [0.3, 0.4) is 0 Å². The molecular formula is C17H16N2O3. The summed E-state index contributed by atoms with van der Waals surface area (Å²) in [5, 5.41) is 8.08. The Hall–Kier alpha value is -2.82. The third kappa shape index (κ3) is 3.44. The van der Waals surface area contributed by atoms with Gasteiger partial charge in [0.25, 0.3) is 0 Å². The molecule has 0 saturated heterocycles. The minimum absolute atomic E-state index is 0.475. The topological polar surface area (TPSA) is 57.4 Å². The summed E-state index contributed by atoms with van der Waals surface area (Å²) in [6.07, 6.45) is 0.561. The normalized spacial score (nSPS) is 10.4. The van der Waals surface area contributed by atoms with E-state index in [0.717, 1.165) is 17.1 Å². The predicted molar refractivity (Wildman–Crippen MR) is 81.9 cm³/mol. The summed E-state index contributed by atoms with van der Waals surface area (Å²) < 4.78 is 16.4. The van der Waals surface area contributed by atoms with Crippen LogP contribution in [0.2, 0.25) is 0 Å². The van der Waals surface area contributed by atoms with Crippen molar-refractivity contribution in [3.8, 4) is 23.0 Å². The van der Waals surface area contributed by atoms with Gasteiger partial charge in [0.15, 0.2) is 0 Å². The van der Waals surface area contributed by atoms with Crippen LogP contribution in [0, 0.1) is 0 Å². The van der Waals surface area contributed by atoms with Crippen molar-refractivity contribution in [2.45, 2.75) is 6.42 Å². The number of rotatable bonds is 6. The molecule has 0 unspecified atom stereocenters. The third-order valence-electron chi connectivity index (χ3n) is 3.13. The molecule has 112 valence electrons. The summed E-state index contributed by atoms with van der Waals surface area (Å²) >= 11 is 0. The first-order valence-corrected chi connectivity index (χ1v) is 7.00. The monoisotopic (exact) mass is 296 g/mol. The minimum atomic E-state index is 0.475. The van der Waals surface area contributed by atoms with Crippen molar-refractivity contribution < 1.29 is 13.9 Å². The second kappa shape index (κ2) is 6.76. The molecule has 0 bridgehead atoms. The Balaban J connectivity index is 1.54. The van der Waals surface area contributed by atoms with Crippen molar-refractivity contribution in [3.05, 3.63) is 60.5 Å². The van der Waals surface area contributed by atoms with E-state index in [1.807, 2.05) is 54.6 Å². The van der Waals surface area contributed by atoms with Gasteiger partial charge in [0.05, 0.1) is 20.1 Å². The molecule has 0 radical (unpaired) electrons. The standard InChI is InChI=1S/C17H16N2O3/c1-20-14-7-9-15(10-8-14)21-12-11-16-18-19-17(22-16)13-5-3-2-4-6-13/h2-10H,11-12H2,1H3. The van der Waals surface area contributed by atoms with Gasteiger partial charge in [-0.3, -0.25) is 0 Å². The highest BCUT2D eigenvalue weighted by Crippen LogP contribution is 2.19. The zero-order valence-corrected chi connectivity index (χ0v) is 12.2. The first kappa shape index (κ1) is 14.1. The smallest absolute Gasteiger partial charge is 0.247 e. The molecule has 0 aliphatic rings. The molecule has 0 N–H and O–H groups in total. The molecule has 3 rings (SSSR count). The number of aromatic nitrogens is 2. The Morgan fingerprint density at radius 3 is 2.36 bits per heavy atom. The molecule has 3 aromatic rings. The SMILES string of the molecule is COc1ccc(OCCc2nnc(-c3ccccc3)o2)cc1. The predicted octanol–water partition coefficient (Wildman–Crippen LogP) is 3.37. The first-order valence-electron chi connectivity index (χ1n) is 7.00. The molecule has 1 heterocycles. The lowest BCUT2D eigenvalue weighted by molar-refractivity contribution is 0.306. The Morgan fingerprint density at radius 2 is 1.64 bits per heavy atom. The van der Waals surface area contributed by atoms with Crippen LogP contribution < -0.4 is 9.47 Å². The van der Waals surface area contributed by atoms with E-state index in [9.17, 15) is 0 Å². The largest absolute Gasteiger partial charge is 0.497 e. The van der Waals surface area contributed by atoms with E-state index in [1.54, 1.807) is 7.11 Å². The molecule has 5 heteroatoms. The molecule has 22 heavy (non-hydrogen) atoms. The second-order valence-electron chi connectivity index (χ2n) is 4.64. The average Bonchev–Trinajstić information content (AvgIpc) is 3.05. The molecule has 2 aromatic carbocycles. The van der Waals surface area contributed by atoms with Gasteiger partial charge in [-0.05, 0) is 36.4 Å². The van der Waals surface area contributed by atoms with E-state index in [0.29, 0.717) is 24.8 Å². The summed E-state index contributed by atoms with van der Waals surface area (Å²) in [6.45, 7) is 0.475. The van der Waals surface area contributed by atoms with E-state index in [4.69, 9.17) is 13.9 Å². The van der Waals surface area contributed by atoms with Crippen LogP contribution in [-0.4, -0.2) is 23.9 Å². The number of hydrogen-bond donors (Lipinski definition) is 0. The lowest BCUT2D eigenvalue weighted by Crippen LogP contribution is -2.01. The van der Waals surface area contributed by atoms with E-state index in [2.05, 4.69) is 10.2 Å². The Morgan fingerprint density at radius 1 is 0.909 bits per heavy atom. The van der Waals surface area contributed by atoms with Crippen molar-refractivity contribution in [2.24, 2.45) is 0 Å². The van der Waals surface area contributed by atoms with Crippen LogP contribution in [0.1, 0.15) is 5.89 Å². The van der Waals surface area contributed by atoms with Gasteiger partial charge in [0.1, 0.15) is 11.5 Å². The maximum absolute atomic E-state index is 5.64. The maximum atomic E-state index is 5.64. The van der Waals surface area contributed by atoms with Gasteiger partial charge >= 0.3 is 0 Å². The summed E-state index contributed by atoms with van der Waals surface area (Å²) in [5.41, 5.74) is 0.914. The molecule has 5 nitrogen and oxygen atoms in total. The third-order valence-corrected chi connectivity index (χ3v) is 3.13. The van der Waals surface area contributed by atoms with Crippen LogP contribution in [-0.2, 0) is 6.42 Å². The van der Waals surface area contributed by atoms with E-state index < -0.39 is 0 Å². The molecule has 0 atom stereocenters. The van der Waals surface area contributed by atoms with Crippen LogP contribution in [0.4, 0.5) is 0 Å². The van der Waals surface area contributed by atoms with Crippen LogP contribution in [0.5, 0.6) is 11.5 Å². The fourth-order valence-electron chi connectivity index (χ4n) is 1.98. The molecule has 0 fully saturated rings. The average molecular weight is 296 g/mol. The fraction of sp³-hybridized carbons (Fsp3) is 0.176. The van der Waals surface area contributed by atoms with Crippen molar-refractivity contribution >= 4 is 0 Å². The van der Waals surface area contributed by atoms with Crippen molar-refractivity contribution in [2.75, 3.05) is 13.7 Å². The highest BCUT2D eigenvalue weighted by atomic mass is 16.5. The number of nitrogens with zero attached hydrogens (tertiary/aromatic N) is 2. The molecule has 0 amide bonds. The number of benzene rings is 2. The Labute approximate surface area is 128 Å². The van der Waals surface area contributed by atoms with Crippen LogP contribution >= 0.6 is 0 Å². The number of ether oxygens (including phenoxy) is 2. The zero-order chi connectivity index (χ0) is 15.2. The van der Waals surface area contributed by atoms with Gasteiger partial charge in [-0.1, -0.05) is 18.2 Å². The summed E-state index contributed by atoms with van der Waals surface area (Å²) in [4.78, 5) is 0. The molecule has 0 aliphatic heterocycles. The van der Waals surface area contributed by atoms with E-state index >= 15 is 0 Å². The lowest BCUT2D eigenvalue weighted by Gasteiger charge is -2.05. The second-order valence-corrected chi connectivity index (χ2v) is 4.64. The van der Waals surface area contributed by atoms with Crippen LogP contribution in [0.25, 0.3) is 11.5 Å². The highest BCUT2D eigenvalue weighted by Gasteiger charge is 2.08. The van der Waals surface area contributed by atoms with E-state index in [-0.39, 0.29) is 0 Å². The highest BCUT2D eigenvalue weighted by molar-refractivity contribution is 5.51. The molecule has 0 aliphatic carbocycles. The zero-order valence-electron chi connectivity index (χ0n) is 12.2. The van der Waals surface area contributed by atoms with Gasteiger partial charge in [0, 0.05) is 5.56 Å². The van der Waals surface area contributed by atoms with Crippen molar-refractivity contribution in [1.29, 1.82) is 0 Å². The van der Waals surface area contributed by atoms with E-state index in [1.165, 1.54) is 0 Å². The summed E-state index contributed by atoms with van der Waals surface area (Å²) in [5.74, 6) is 2.67. The van der Waals surface area contributed by atoms with Crippen molar-refractivity contribution in [1.82, 2.24) is 10.2 Å². The summed E-state index contributed by atoms with van der Waals surface area (Å²) in [6, 6.07) is 17.1. The van der Waals surface area contributed by atoms with Crippen LogP contribution in [0.15, 0.2) is 59.0 Å². The van der Waals surface area contributed by atoms with Gasteiger partial charge in [-0.25, -0.2) is 0 Å². The minimum Gasteiger partial charge on any atom is -0.497 e. The summed E-state index contributed by atoms with van der Waals surface area (Å²) in [7, 11) is 1.63. The molecule has 1 aromatic heterocycles. The molecule has 0 spiro atoms.